The highest BCUT2D eigenvalue weighted by Crippen LogP contribution is 2.26. The number of hydrogen-bond donors (Lipinski definition) is 0. The summed E-state index contributed by atoms with van der Waals surface area (Å²) in [6.45, 7) is 8.00. The summed E-state index contributed by atoms with van der Waals surface area (Å²) in [7, 11) is 1.31. The second-order valence-corrected chi connectivity index (χ2v) is 4.86. The molecule has 0 N–H and O–H groups in total. The maximum Gasteiger partial charge on any atom is 0.309 e. The van der Waals surface area contributed by atoms with Gasteiger partial charge in [-0.25, -0.2) is 9.37 Å². The second kappa shape index (κ2) is 11.8. The highest BCUT2D eigenvalue weighted by molar-refractivity contribution is 6.31. The first-order valence-corrected chi connectivity index (χ1v) is 8.44. The van der Waals surface area contributed by atoms with Crippen LogP contribution in [0, 0.1) is 5.82 Å². The van der Waals surface area contributed by atoms with E-state index in [1.54, 1.807) is 18.2 Å². The minimum atomic E-state index is -0.507. The Balaban J connectivity index is 0.00000123. The van der Waals surface area contributed by atoms with E-state index in [0.29, 0.717) is 16.8 Å². The Morgan fingerprint density at radius 1 is 1.12 bits per heavy atom. The van der Waals surface area contributed by atoms with Crippen LogP contribution >= 0.6 is 23.2 Å². The molecule has 0 radical (unpaired) electrons. The lowest BCUT2D eigenvalue weighted by molar-refractivity contribution is -0.139. The van der Waals surface area contributed by atoms with Gasteiger partial charge in [-0.05, 0) is 35.9 Å². The Labute approximate surface area is 152 Å². The SMILES string of the molecule is CC.CC.COC(=O)Cc1cc(Cl)nc(-c2ccc(F)c(Cl)c2)c1. The molecule has 0 amide bonds. The van der Waals surface area contributed by atoms with Gasteiger partial charge in [0.05, 0.1) is 24.2 Å². The fraction of sp³-hybridized carbons (Fsp3) is 0.333. The van der Waals surface area contributed by atoms with Crippen LogP contribution in [0.3, 0.4) is 0 Å². The Morgan fingerprint density at radius 2 is 1.75 bits per heavy atom. The van der Waals surface area contributed by atoms with Crippen molar-refractivity contribution in [2.24, 2.45) is 0 Å². The molecule has 0 aliphatic heterocycles. The Bertz CT molecular complexity index is 663. The van der Waals surface area contributed by atoms with Gasteiger partial charge in [0, 0.05) is 5.56 Å². The topological polar surface area (TPSA) is 39.2 Å². The summed E-state index contributed by atoms with van der Waals surface area (Å²) in [5, 5.41) is 0.237. The molecule has 2 aromatic rings. The van der Waals surface area contributed by atoms with E-state index in [4.69, 9.17) is 23.2 Å². The number of esters is 1. The minimum absolute atomic E-state index is 0.00112. The van der Waals surface area contributed by atoms with E-state index in [-0.39, 0.29) is 22.6 Å². The number of aromatic nitrogens is 1. The Kier molecular flexibility index (Phi) is 11.0. The van der Waals surface area contributed by atoms with Crippen molar-refractivity contribution >= 4 is 29.2 Å². The predicted octanol–water partition coefficient (Wildman–Crippen LogP) is 5.96. The van der Waals surface area contributed by atoms with E-state index in [9.17, 15) is 9.18 Å². The van der Waals surface area contributed by atoms with E-state index in [2.05, 4.69) is 9.72 Å². The van der Waals surface area contributed by atoms with Gasteiger partial charge in [-0.1, -0.05) is 50.9 Å². The van der Waals surface area contributed by atoms with Crippen LogP contribution in [0.1, 0.15) is 33.3 Å². The zero-order chi connectivity index (χ0) is 18.7. The van der Waals surface area contributed by atoms with Crippen LogP contribution in [0.4, 0.5) is 4.39 Å². The number of rotatable bonds is 3. The van der Waals surface area contributed by atoms with Crippen LogP contribution in [0.15, 0.2) is 30.3 Å². The minimum Gasteiger partial charge on any atom is -0.469 e. The quantitative estimate of drug-likeness (QED) is 0.491. The zero-order valence-corrected chi connectivity index (χ0v) is 16.0. The normalized spacial score (nSPS) is 9.17. The number of carbonyl (C=O) groups excluding carboxylic acids is 1. The maximum absolute atomic E-state index is 13.2. The van der Waals surface area contributed by atoms with Gasteiger partial charge in [0.25, 0.3) is 0 Å². The zero-order valence-electron chi connectivity index (χ0n) is 14.5. The fourth-order valence-corrected chi connectivity index (χ4v) is 2.11. The van der Waals surface area contributed by atoms with Crippen LogP contribution in [0.2, 0.25) is 10.2 Å². The number of ether oxygens (including phenoxy) is 1. The number of benzene rings is 1. The lowest BCUT2D eigenvalue weighted by Crippen LogP contribution is -2.05. The third-order valence-corrected chi connectivity index (χ3v) is 3.13. The molecule has 0 bridgehead atoms. The number of pyridine rings is 1. The number of halogens is 3. The highest BCUT2D eigenvalue weighted by Gasteiger charge is 2.09. The van der Waals surface area contributed by atoms with Crippen LogP contribution < -0.4 is 0 Å². The van der Waals surface area contributed by atoms with Gasteiger partial charge in [0.2, 0.25) is 0 Å². The first kappa shape index (κ1) is 22.4. The summed E-state index contributed by atoms with van der Waals surface area (Å²) < 4.78 is 17.8. The summed E-state index contributed by atoms with van der Waals surface area (Å²) in [6.07, 6.45) is 0.0840. The standard InChI is InChI=1S/C14H10Cl2FNO2.2C2H6/c1-20-14(19)6-8-4-12(18-13(16)5-8)9-2-3-11(17)10(15)7-9;2*1-2/h2-5,7H,6H2,1H3;2*1-2H3. The molecule has 0 saturated heterocycles. The van der Waals surface area contributed by atoms with Gasteiger partial charge < -0.3 is 4.74 Å². The van der Waals surface area contributed by atoms with Crippen molar-refractivity contribution < 1.29 is 13.9 Å². The number of hydrogen-bond acceptors (Lipinski definition) is 3. The van der Waals surface area contributed by atoms with Crippen LogP contribution in [0.25, 0.3) is 11.3 Å². The van der Waals surface area contributed by atoms with Crippen LogP contribution in [-0.2, 0) is 16.0 Å². The molecule has 0 spiro atoms. The summed E-state index contributed by atoms with van der Waals surface area (Å²) in [6, 6.07) is 7.51. The first-order valence-electron chi connectivity index (χ1n) is 7.68. The van der Waals surface area contributed by atoms with Gasteiger partial charge in [-0.3, -0.25) is 4.79 Å². The molecular weight excluding hydrogens is 352 g/mol. The van der Waals surface area contributed by atoms with Crippen molar-refractivity contribution in [3.8, 4) is 11.3 Å². The third kappa shape index (κ3) is 6.85. The van der Waals surface area contributed by atoms with E-state index in [1.807, 2.05) is 27.7 Å². The lowest BCUT2D eigenvalue weighted by atomic mass is 10.1. The molecule has 3 nitrogen and oxygen atoms in total. The van der Waals surface area contributed by atoms with Gasteiger partial charge in [-0.15, -0.1) is 0 Å². The molecule has 1 aromatic carbocycles. The average molecular weight is 374 g/mol. The average Bonchev–Trinajstić information content (AvgIpc) is 2.60. The van der Waals surface area contributed by atoms with Crippen molar-refractivity contribution in [2.45, 2.75) is 34.1 Å². The lowest BCUT2D eigenvalue weighted by Gasteiger charge is -2.06. The summed E-state index contributed by atoms with van der Waals surface area (Å²) >= 11 is 11.7. The summed E-state index contributed by atoms with van der Waals surface area (Å²) in [5.74, 6) is -0.886. The van der Waals surface area contributed by atoms with Crippen LogP contribution in [0.5, 0.6) is 0 Å². The molecule has 1 aromatic heterocycles. The van der Waals surface area contributed by atoms with Gasteiger partial charge in [0.1, 0.15) is 11.0 Å². The molecule has 0 atom stereocenters. The molecule has 0 aliphatic rings. The molecule has 132 valence electrons. The number of nitrogens with zero attached hydrogens (tertiary/aromatic N) is 1. The van der Waals surface area contributed by atoms with E-state index >= 15 is 0 Å². The van der Waals surface area contributed by atoms with Crippen molar-refractivity contribution in [2.75, 3.05) is 7.11 Å². The Hall–Kier alpha value is -1.65. The fourth-order valence-electron chi connectivity index (χ4n) is 1.69. The van der Waals surface area contributed by atoms with Gasteiger partial charge >= 0.3 is 5.97 Å². The van der Waals surface area contributed by atoms with Gasteiger partial charge in [-0.2, -0.15) is 0 Å². The van der Waals surface area contributed by atoms with Crippen LogP contribution in [-0.4, -0.2) is 18.1 Å². The molecule has 24 heavy (non-hydrogen) atoms. The number of methoxy groups -OCH3 is 1. The van der Waals surface area contributed by atoms with Crippen molar-refractivity contribution in [3.05, 3.63) is 51.9 Å². The molecule has 0 aliphatic carbocycles. The molecule has 2 rings (SSSR count). The molecule has 6 heteroatoms. The Morgan fingerprint density at radius 3 is 2.29 bits per heavy atom. The maximum atomic E-state index is 13.2. The third-order valence-electron chi connectivity index (χ3n) is 2.65. The molecule has 0 saturated carbocycles. The van der Waals surface area contributed by atoms with Gasteiger partial charge in [0.15, 0.2) is 0 Å². The summed E-state index contributed by atoms with van der Waals surface area (Å²) in [5.41, 5.74) is 1.79. The van der Waals surface area contributed by atoms with Crippen molar-refractivity contribution in [3.63, 3.8) is 0 Å². The number of carbonyl (C=O) groups is 1. The smallest absolute Gasteiger partial charge is 0.309 e. The first-order chi connectivity index (χ1) is 11.5. The van der Waals surface area contributed by atoms with E-state index in [1.165, 1.54) is 19.2 Å². The van der Waals surface area contributed by atoms with Crippen molar-refractivity contribution in [1.29, 1.82) is 0 Å². The second-order valence-electron chi connectivity index (χ2n) is 4.07. The van der Waals surface area contributed by atoms with E-state index in [0.717, 1.165) is 0 Å². The predicted molar refractivity (Wildman–Crippen MR) is 98.1 cm³/mol. The molecule has 1 heterocycles. The monoisotopic (exact) mass is 373 g/mol. The largest absolute Gasteiger partial charge is 0.469 e. The van der Waals surface area contributed by atoms with Crippen molar-refractivity contribution in [1.82, 2.24) is 4.98 Å². The molecule has 0 fully saturated rings. The molecular formula is C18H22Cl2FNO2. The molecule has 0 unspecified atom stereocenters. The van der Waals surface area contributed by atoms with E-state index < -0.39 is 5.82 Å². The summed E-state index contributed by atoms with van der Waals surface area (Å²) in [4.78, 5) is 15.4. The highest BCUT2D eigenvalue weighted by atomic mass is 35.5.